The highest BCUT2D eigenvalue weighted by molar-refractivity contribution is 7.15. The quantitative estimate of drug-likeness (QED) is 0.784. The van der Waals surface area contributed by atoms with Gasteiger partial charge in [0.2, 0.25) is 0 Å². The Morgan fingerprint density at radius 2 is 2.35 bits per heavy atom. The molecule has 5 heteroatoms. The number of hydrogen-bond acceptors (Lipinski definition) is 5. The van der Waals surface area contributed by atoms with E-state index in [0.29, 0.717) is 12.3 Å². The molecule has 0 aromatic carbocycles. The first kappa shape index (κ1) is 11.7. The third kappa shape index (κ3) is 2.50. The lowest BCUT2D eigenvalue weighted by molar-refractivity contribution is 0.0519. The third-order valence-electron chi connectivity index (χ3n) is 2.17. The van der Waals surface area contributed by atoms with E-state index < -0.39 is 0 Å². The fourth-order valence-electron chi connectivity index (χ4n) is 1.40. The maximum atomic E-state index is 11.6. The van der Waals surface area contributed by atoms with Crippen LogP contribution >= 0.6 is 11.3 Å². The molecule has 17 heavy (non-hydrogen) atoms. The normalized spacial score (nSPS) is 10.2. The SMILES string of the molecule is CCOC(=O)c1nc(-c2cccnc2)sc1C. The Balaban J connectivity index is 2.34. The van der Waals surface area contributed by atoms with Gasteiger partial charge in [-0.2, -0.15) is 0 Å². The van der Waals surface area contributed by atoms with Gasteiger partial charge in [0.1, 0.15) is 5.01 Å². The van der Waals surface area contributed by atoms with Crippen molar-refractivity contribution in [3.05, 3.63) is 35.1 Å². The number of thiazole rings is 1. The highest BCUT2D eigenvalue weighted by Crippen LogP contribution is 2.27. The Bertz CT molecular complexity index is 523. The zero-order chi connectivity index (χ0) is 12.3. The molecule has 88 valence electrons. The van der Waals surface area contributed by atoms with Crippen molar-refractivity contribution < 1.29 is 9.53 Å². The summed E-state index contributed by atoms with van der Waals surface area (Å²) in [6.45, 7) is 4.00. The number of carbonyl (C=O) groups is 1. The van der Waals surface area contributed by atoms with Crippen molar-refractivity contribution in [1.82, 2.24) is 9.97 Å². The standard InChI is InChI=1S/C12H12N2O2S/c1-3-16-12(15)10-8(2)17-11(14-10)9-5-4-6-13-7-9/h4-7H,3H2,1-2H3. The zero-order valence-electron chi connectivity index (χ0n) is 9.64. The number of rotatable bonds is 3. The molecule has 2 heterocycles. The summed E-state index contributed by atoms with van der Waals surface area (Å²) < 4.78 is 4.95. The van der Waals surface area contributed by atoms with E-state index in [0.717, 1.165) is 15.4 Å². The molecule has 4 nitrogen and oxygen atoms in total. The van der Waals surface area contributed by atoms with E-state index in [2.05, 4.69) is 9.97 Å². The van der Waals surface area contributed by atoms with Crippen LogP contribution in [-0.2, 0) is 4.74 Å². The number of pyridine rings is 1. The van der Waals surface area contributed by atoms with Gasteiger partial charge >= 0.3 is 5.97 Å². The summed E-state index contributed by atoms with van der Waals surface area (Å²) >= 11 is 1.47. The van der Waals surface area contributed by atoms with Gasteiger partial charge in [0.05, 0.1) is 6.61 Å². The smallest absolute Gasteiger partial charge is 0.358 e. The van der Waals surface area contributed by atoms with Crippen molar-refractivity contribution in [3.63, 3.8) is 0 Å². The molecule has 0 radical (unpaired) electrons. The second-order valence-corrected chi connectivity index (χ2v) is 4.59. The lowest BCUT2D eigenvalue weighted by atomic mass is 10.3. The molecule has 0 spiro atoms. The number of aromatic nitrogens is 2. The third-order valence-corrected chi connectivity index (χ3v) is 3.19. The van der Waals surface area contributed by atoms with Gasteiger partial charge in [-0.05, 0) is 26.0 Å². The molecule has 2 rings (SSSR count). The largest absolute Gasteiger partial charge is 0.461 e. The highest BCUT2D eigenvalue weighted by Gasteiger charge is 2.17. The highest BCUT2D eigenvalue weighted by atomic mass is 32.1. The molecule has 0 atom stereocenters. The maximum absolute atomic E-state index is 11.6. The second-order valence-electron chi connectivity index (χ2n) is 3.39. The fourth-order valence-corrected chi connectivity index (χ4v) is 2.29. The average Bonchev–Trinajstić information content (AvgIpc) is 2.73. The van der Waals surface area contributed by atoms with Gasteiger partial charge in [0.25, 0.3) is 0 Å². The molecule has 0 amide bonds. The van der Waals surface area contributed by atoms with Crippen molar-refractivity contribution in [2.24, 2.45) is 0 Å². The molecule has 0 aliphatic heterocycles. The van der Waals surface area contributed by atoms with E-state index in [-0.39, 0.29) is 5.97 Å². The summed E-state index contributed by atoms with van der Waals surface area (Å²) in [4.78, 5) is 20.8. The van der Waals surface area contributed by atoms with Crippen LogP contribution in [0.1, 0.15) is 22.3 Å². The van der Waals surface area contributed by atoms with E-state index in [4.69, 9.17) is 4.74 Å². The Hall–Kier alpha value is -1.75. The molecule has 0 bridgehead atoms. The van der Waals surface area contributed by atoms with Gasteiger partial charge in [-0.1, -0.05) is 0 Å². The fraction of sp³-hybridized carbons (Fsp3) is 0.250. The van der Waals surface area contributed by atoms with Crippen LogP contribution in [-0.4, -0.2) is 22.5 Å². The average molecular weight is 248 g/mol. The predicted molar refractivity (Wildman–Crippen MR) is 66.0 cm³/mol. The zero-order valence-corrected chi connectivity index (χ0v) is 10.5. The van der Waals surface area contributed by atoms with E-state index in [1.807, 2.05) is 19.1 Å². The van der Waals surface area contributed by atoms with Crippen LogP contribution < -0.4 is 0 Å². The number of ether oxygens (including phenoxy) is 1. The number of hydrogen-bond donors (Lipinski definition) is 0. The van der Waals surface area contributed by atoms with Crippen molar-refractivity contribution >= 4 is 17.3 Å². The molecule has 2 aromatic heterocycles. The van der Waals surface area contributed by atoms with Gasteiger partial charge < -0.3 is 4.74 Å². The van der Waals surface area contributed by atoms with Crippen LogP contribution in [0.25, 0.3) is 10.6 Å². The van der Waals surface area contributed by atoms with Crippen LogP contribution in [0.5, 0.6) is 0 Å². The number of nitrogens with zero attached hydrogens (tertiary/aromatic N) is 2. The molecule has 2 aromatic rings. The maximum Gasteiger partial charge on any atom is 0.358 e. The van der Waals surface area contributed by atoms with Gasteiger partial charge in [0, 0.05) is 22.8 Å². The molecule has 0 unspecified atom stereocenters. The number of carbonyl (C=O) groups excluding carboxylic acids is 1. The second kappa shape index (κ2) is 5.05. The molecular weight excluding hydrogens is 236 g/mol. The Labute approximate surface area is 103 Å². The van der Waals surface area contributed by atoms with E-state index >= 15 is 0 Å². The van der Waals surface area contributed by atoms with Crippen LogP contribution in [0.2, 0.25) is 0 Å². The van der Waals surface area contributed by atoms with Crippen LogP contribution in [0, 0.1) is 6.92 Å². The Kier molecular flexibility index (Phi) is 3.49. The van der Waals surface area contributed by atoms with Gasteiger partial charge in [-0.15, -0.1) is 11.3 Å². The van der Waals surface area contributed by atoms with E-state index in [9.17, 15) is 4.79 Å². The first-order valence-electron chi connectivity index (χ1n) is 5.27. The van der Waals surface area contributed by atoms with Crippen molar-refractivity contribution in [1.29, 1.82) is 0 Å². The Morgan fingerprint density at radius 3 is 3.00 bits per heavy atom. The molecule has 0 aliphatic rings. The molecule has 0 saturated carbocycles. The summed E-state index contributed by atoms with van der Waals surface area (Å²) in [5.74, 6) is -0.364. The first-order chi connectivity index (χ1) is 8.22. The minimum absolute atomic E-state index is 0.359. The van der Waals surface area contributed by atoms with Crippen LogP contribution in [0.3, 0.4) is 0 Å². The minimum atomic E-state index is -0.364. The summed E-state index contributed by atoms with van der Waals surface area (Å²) in [6, 6.07) is 3.76. The molecule has 0 N–H and O–H groups in total. The number of esters is 1. The van der Waals surface area contributed by atoms with Gasteiger partial charge in [-0.25, -0.2) is 9.78 Å². The Morgan fingerprint density at radius 1 is 1.53 bits per heavy atom. The van der Waals surface area contributed by atoms with Crippen molar-refractivity contribution in [2.45, 2.75) is 13.8 Å². The summed E-state index contributed by atoms with van der Waals surface area (Å²) in [5.41, 5.74) is 1.31. The van der Waals surface area contributed by atoms with Gasteiger partial charge in [-0.3, -0.25) is 4.98 Å². The minimum Gasteiger partial charge on any atom is -0.461 e. The summed E-state index contributed by atoms with van der Waals surface area (Å²) in [6.07, 6.45) is 3.43. The van der Waals surface area contributed by atoms with E-state index in [1.165, 1.54) is 11.3 Å². The van der Waals surface area contributed by atoms with Crippen LogP contribution in [0.15, 0.2) is 24.5 Å². The summed E-state index contributed by atoms with van der Waals surface area (Å²) in [7, 11) is 0. The lowest BCUT2D eigenvalue weighted by Gasteiger charge is -1.97. The lowest BCUT2D eigenvalue weighted by Crippen LogP contribution is -2.06. The number of aryl methyl sites for hydroxylation is 1. The molecular formula is C12H12N2O2S. The monoisotopic (exact) mass is 248 g/mol. The van der Waals surface area contributed by atoms with Crippen molar-refractivity contribution in [3.8, 4) is 10.6 Å². The predicted octanol–water partition coefficient (Wildman–Crippen LogP) is 2.69. The summed E-state index contributed by atoms with van der Waals surface area (Å²) in [5, 5.41) is 0.790. The molecule has 0 saturated heterocycles. The molecule has 0 aliphatic carbocycles. The topological polar surface area (TPSA) is 52.1 Å². The van der Waals surface area contributed by atoms with Crippen LogP contribution in [0.4, 0.5) is 0 Å². The van der Waals surface area contributed by atoms with Crippen molar-refractivity contribution in [2.75, 3.05) is 6.61 Å². The molecule has 0 fully saturated rings. The van der Waals surface area contributed by atoms with E-state index in [1.54, 1.807) is 19.3 Å². The van der Waals surface area contributed by atoms with Gasteiger partial charge in [0.15, 0.2) is 5.69 Å². The first-order valence-corrected chi connectivity index (χ1v) is 6.09.